The molecule has 0 fully saturated rings. The molecular formula is C22H20N4OS. The maximum atomic E-state index is 13.1. The number of likely N-dealkylation sites (N-methyl/N-ethyl adjacent to an activating group) is 1. The number of benzene rings is 2. The van der Waals surface area contributed by atoms with Gasteiger partial charge in [0.2, 0.25) is 0 Å². The molecule has 6 heteroatoms. The van der Waals surface area contributed by atoms with Crippen molar-refractivity contribution in [1.29, 1.82) is 0 Å². The summed E-state index contributed by atoms with van der Waals surface area (Å²) in [4.78, 5) is 25.9. The molecule has 4 aromatic rings. The van der Waals surface area contributed by atoms with Crippen LogP contribution < -0.4 is 5.32 Å². The number of nitrogens with zero attached hydrogens (tertiary/aromatic N) is 3. The Morgan fingerprint density at radius 2 is 2.07 bits per heavy atom. The van der Waals surface area contributed by atoms with Crippen molar-refractivity contribution in [3.63, 3.8) is 0 Å². The van der Waals surface area contributed by atoms with Crippen LogP contribution in [0.3, 0.4) is 0 Å². The van der Waals surface area contributed by atoms with Crippen LogP contribution in [0, 0.1) is 0 Å². The lowest BCUT2D eigenvalue weighted by atomic mass is 10.0. The van der Waals surface area contributed by atoms with E-state index < -0.39 is 0 Å². The van der Waals surface area contributed by atoms with Gasteiger partial charge < -0.3 is 0 Å². The van der Waals surface area contributed by atoms with E-state index in [2.05, 4.69) is 33.2 Å². The van der Waals surface area contributed by atoms with Crippen LogP contribution in [0.5, 0.6) is 0 Å². The summed E-state index contributed by atoms with van der Waals surface area (Å²) in [5.74, 6) is -0.159. The van der Waals surface area contributed by atoms with Crippen molar-refractivity contribution in [2.75, 3.05) is 18.4 Å². The van der Waals surface area contributed by atoms with Gasteiger partial charge in [0.05, 0.1) is 16.8 Å². The number of thiazole rings is 1. The summed E-state index contributed by atoms with van der Waals surface area (Å²) in [6.07, 6.45) is 2.67. The molecule has 0 radical (unpaired) electrons. The van der Waals surface area contributed by atoms with E-state index in [-0.39, 0.29) is 5.91 Å². The molecule has 2 aromatic carbocycles. The predicted octanol–water partition coefficient (Wildman–Crippen LogP) is 4.47. The van der Waals surface area contributed by atoms with Gasteiger partial charge in [-0.2, -0.15) is 0 Å². The lowest BCUT2D eigenvalue weighted by Crippen LogP contribution is -2.29. The average Bonchev–Trinajstić information content (AvgIpc) is 3.14. The molecule has 140 valence electrons. The number of fused-ring (bicyclic) bond motifs is 4. The lowest BCUT2D eigenvalue weighted by molar-refractivity contribution is 0.102. The highest BCUT2D eigenvalue weighted by atomic mass is 32.1. The molecular weight excluding hydrogens is 368 g/mol. The highest BCUT2D eigenvalue weighted by Crippen LogP contribution is 2.30. The van der Waals surface area contributed by atoms with Crippen molar-refractivity contribution in [3.8, 4) is 0 Å². The number of carbonyl (C=O) groups excluding carboxylic acids is 1. The zero-order valence-corrected chi connectivity index (χ0v) is 16.4. The van der Waals surface area contributed by atoms with Gasteiger partial charge in [0.1, 0.15) is 0 Å². The van der Waals surface area contributed by atoms with Crippen LogP contribution in [0.25, 0.3) is 21.7 Å². The molecule has 1 N–H and O–H groups in total. The average molecular weight is 388 g/mol. The second kappa shape index (κ2) is 6.96. The van der Waals surface area contributed by atoms with Crippen molar-refractivity contribution in [2.24, 2.45) is 0 Å². The van der Waals surface area contributed by atoms with Gasteiger partial charge in [-0.1, -0.05) is 37.3 Å². The quantitative estimate of drug-likeness (QED) is 0.526. The van der Waals surface area contributed by atoms with Crippen molar-refractivity contribution >= 4 is 44.1 Å². The normalized spacial score (nSPS) is 14.3. The zero-order valence-electron chi connectivity index (χ0n) is 15.6. The molecule has 1 aliphatic rings. The molecule has 1 aliphatic heterocycles. The third-order valence-corrected chi connectivity index (χ3v) is 6.33. The topological polar surface area (TPSA) is 58.1 Å². The minimum absolute atomic E-state index is 0.159. The second-order valence-corrected chi connectivity index (χ2v) is 8.09. The molecule has 5 rings (SSSR count). The van der Waals surface area contributed by atoms with Crippen molar-refractivity contribution in [2.45, 2.75) is 19.9 Å². The van der Waals surface area contributed by atoms with Crippen LogP contribution in [0.1, 0.15) is 27.9 Å². The number of nitrogens with one attached hydrogen (secondary N) is 1. The summed E-state index contributed by atoms with van der Waals surface area (Å²) >= 11 is 1.58. The Labute approximate surface area is 167 Å². The van der Waals surface area contributed by atoms with E-state index in [1.54, 1.807) is 17.5 Å². The smallest absolute Gasteiger partial charge is 0.259 e. The van der Waals surface area contributed by atoms with Gasteiger partial charge in [-0.25, -0.2) is 4.98 Å². The first kappa shape index (κ1) is 17.3. The Hall–Kier alpha value is -2.83. The Kier molecular flexibility index (Phi) is 4.30. The minimum atomic E-state index is -0.159. The first-order valence-electron chi connectivity index (χ1n) is 9.51. The standard InChI is InChI=1S/C22H20N4OS/c1-2-26-11-9-18-19(13-26)28-22(24-18)25-21(27)17-12-14-6-3-4-7-15(14)16-8-5-10-23-20(16)17/h3-8,10,12H,2,9,11,13H2,1H3,(H,24,25,27). The van der Waals surface area contributed by atoms with Gasteiger partial charge in [0.25, 0.3) is 5.91 Å². The summed E-state index contributed by atoms with van der Waals surface area (Å²) in [5.41, 5.74) is 2.42. The number of hydrogen-bond donors (Lipinski definition) is 1. The van der Waals surface area contributed by atoms with E-state index in [1.165, 1.54) is 4.88 Å². The molecule has 3 heterocycles. The number of anilines is 1. The summed E-state index contributed by atoms with van der Waals surface area (Å²) in [6, 6.07) is 13.9. The van der Waals surface area contributed by atoms with E-state index in [4.69, 9.17) is 0 Å². The highest BCUT2D eigenvalue weighted by molar-refractivity contribution is 7.15. The van der Waals surface area contributed by atoms with Crippen LogP contribution in [-0.2, 0) is 13.0 Å². The number of rotatable bonds is 3. The van der Waals surface area contributed by atoms with Crippen LogP contribution in [0.2, 0.25) is 0 Å². The Morgan fingerprint density at radius 3 is 2.96 bits per heavy atom. The largest absolute Gasteiger partial charge is 0.298 e. The predicted molar refractivity (Wildman–Crippen MR) is 114 cm³/mol. The second-order valence-electron chi connectivity index (χ2n) is 7.01. The number of hydrogen-bond acceptors (Lipinski definition) is 5. The molecule has 0 spiro atoms. The van der Waals surface area contributed by atoms with Crippen LogP contribution in [-0.4, -0.2) is 33.9 Å². The van der Waals surface area contributed by atoms with Crippen LogP contribution in [0.4, 0.5) is 5.13 Å². The molecule has 0 saturated heterocycles. The third kappa shape index (κ3) is 2.95. The molecule has 28 heavy (non-hydrogen) atoms. The molecule has 1 amide bonds. The SMILES string of the molecule is CCN1CCc2nc(NC(=O)c3cc4ccccc4c4cccnc34)sc2C1. The van der Waals surface area contributed by atoms with Gasteiger partial charge in [0.15, 0.2) is 5.13 Å². The first-order valence-corrected chi connectivity index (χ1v) is 10.3. The maximum Gasteiger partial charge on any atom is 0.259 e. The minimum Gasteiger partial charge on any atom is -0.298 e. The van der Waals surface area contributed by atoms with Crippen LogP contribution >= 0.6 is 11.3 Å². The summed E-state index contributed by atoms with van der Waals surface area (Å²) < 4.78 is 0. The molecule has 0 unspecified atom stereocenters. The van der Waals surface area contributed by atoms with Gasteiger partial charge in [0, 0.05) is 36.0 Å². The fourth-order valence-electron chi connectivity index (χ4n) is 3.84. The van der Waals surface area contributed by atoms with Gasteiger partial charge in [-0.05, 0) is 29.4 Å². The number of pyridine rings is 1. The van der Waals surface area contributed by atoms with Crippen LogP contribution in [0.15, 0.2) is 48.7 Å². The number of carbonyl (C=O) groups is 1. The van der Waals surface area contributed by atoms with E-state index >= 15 is 0 Å². The van der Waals surface area contributed by atoms with Crippen molar-refractivity contribution in [3.05, 3.63) is 64.8 Å². The fraction of sp³-hybridized carbons (Fsp3) is 0.227. The van der Waals surface area contributed by atoms with Gasteiger partial charge in [-0.3, -0.25) is 20.0 Å². The van der Waals surface area contributed by atoms with E-state index in [1.807, 2.05) is 36.4 Å². The van der Waals surface area contributed by atoms with Gasteiger partial charge in [-0.15, -0.1) is 11.3 Å². The Bertz CT molecular complexity index is 1200. The molecule has 5 nitrogen and oxygen atoms in total. The van der Waals surface area contributed by atoms with E-state index in [0.717, 1.165) is 53.4 Å². The van der Waals surface area contributed by atoms with E-state index in [9.17, 15) is 4.79 Å². The molecule has 0 atom stereocenters. The summed E-state index contributed by atoms with van der Waals surface area (Å²) in [7, 11) is 0. The van der Waals surface area contributed by atoms with Crippen molar-refractivity contribution < 1.29 is 4.79 Å². The highest BCUT2D eigenvalue weighted by Gasteiger charge is 2.21. The van der Waals surface area contributed by atoms with E-state index in [0.29, 0.717) is 10.7 Å². The third-order valence-electron chi connectivity index (χ3n) is 5.34. The van der Waals surface area contributed by atoms with Crippen molar-refractivity contribution in [1.82, 2.24) is 14.9 Å². The molecule has 0 bridgehead atoms. The zero-order chi connectivity index (χ0) is 19.1. The van der Waals surface area contributed by atoms with Gasteiger partial charge >= 0.3 is 0 Å². The summed E-state index contributed by atoms with van der Waals surface area (Å²) in [6.45, 7) is 5.15. The summed E-state index contributed by atoms with van der Waals surface area (Å²) in [5, 5.41) is 6.81. The Balaban J connectivity index is 1.52. The number of aromatic nitrogens is 2. The first-order chi connectivity index (χ1) is 13.7. The molecule has 2 aromatic heterocycles. The number of amides is 1. The lowest BCUT2D eigenvalue weighted by Gasteiger charge is -2.23. The molecule has 0 aliphatic carbocycles. The molecule has 0 saturated carbocycles. The maximum absolute atomic E-state index is 13.1. The monoisotopic (exact) mass is 388 g/mol. The Morgan fingerprint density at radius 1 is 1.21 bits per heavy atom. The fourth-order valence-corrected chi connectivity index (χ4v) is 4.88.